The van der Waals surface area contributed by atoms with Crippen LogP contribution in [0.25, 0.3) is 0 Å². The highest BCUT2D eigenvalue weighted by molar-refractivity contribution is 9.10. The van der Waals surface area contributed by atoms with Crippen molar-refractivity contribution in [3.63, 3.8) is 0 Å². The predicted molar refractivity (Wildman–Crippen MR) is 74.9 cm³/mol. The Morgan fingerprint density at radius 2 is 2.05 bits per heavy atom. The maximum atomic E-state index is 13.4. The van der Waals surface area contributed by atoms with Crippen LogP contribution >= 0.6 is 15.9 Å². The number of benzene rings is 1. The Labute approximate surface area is 121 Å². The predicted octanol–water partition coefficient (Wildman–Crippen LogP) is 2.54. The molecule has 1 aromatic rings. The molecule has 0 spiro atoms. The van der Waals surface area contributed by atoms with Crippen LogP contribution in [-0.4, -0.2) is 28.2 Å². The number of halogens is 2. The summed E-state index contributed by atoms with van der Waals surface area (Å²) in [6.07, 6.45) is 0. The van der Waals surface area contributed by atoms with Crippen molar-refractivity contribution in [3.8, 4) is 0 Å². The number of sulfonamides is 1. The highest BCUT2D eigenvalue weighted by Crippen LogP contribution is 2.20. The van der Waals surface area contributed by atoms with Gasteiger partial charge in [-0.1, -0.05) is 13.8 Å². The first-order valence-corrected chi connectivity index (χ1v) is 8.02. The minimum atomic E-state index is -3.76. The average molecular weight is 354 g/mol. The molecule has 4 nitrogen and oxygen atoms in total. The maximum absolute atomic E-state index is 13.4. The van der Waals surface area contributed by atoms with Crippen molar-refractivity contribution in [2.24, 2.45) is 5.92 Å². The number of nitrogens with one attached hydrogen (secondary N) is 1. The molecule has 1 aromatic carbocycles. The summed E-state index contributed by atoms with van der Waals surface area (Å²) in [5.41, 5.74) is 0. The van der Waals surface area contributed by atoms with Gasteiger partial charge in [0.1, 0.15) is 5.82 Å². The van der Waals surface area contributed by atoms with Crippen molar-refractivity contribution in [1.82, 2.24) is 4.72 Å². The van der Waals surface area contributed by atoms with Gasteiger partial charge in [-0.3, -0.25) is 0 Å². The number of rotatable bonds is 6. The SMILES string of the molecule is COCC(NS(=O)(=O)c1ccc(Br)c(F)c1)C(C)C. The van der Waals surface area contributed by atoms with E-state index in [0.29, 0.717) is 0 Å². The Bertz CT molecular complexity index is 534. The lowest BCUT2D eigenvalue weighted by atomic mass is 10.1. The van der Waals surface area contributed by atoms with Crippen LogP contribution in [0.4, 0.5) is 4.39 Å². The summed E-state index contributed by atoms with van der Waals surface area (Å²) in [5, 5.41) is 0. The second kappa shape index (κ2) is 6.78. The first-order valence-electron chi connectivity index (χ1n) is 5.74. The van der Waals surface area contributed by atoms with Crippen molar-refractivity contribution in [1.29, 1.82) is 0 Å². The molecule has 0 aliphatic rings. The second-order valence-electron chi connectivity index (χ2n) is 4.50. The van der Waals surface area contributed by atoms with Crippen LogP contribution in [0.15, 0.2) is 27.6 Å². The van der Waals surface area contributed by atoms with E-state index in [9.17, 15) is 12.8 Å². The van der Waals surface area contributed by atoms with Gasteiger partial charge in [-0.25, -0.2) is 17.5 Å². The summed E-state index contributed by atoms with van der Waals surface area (Å²) >= 11 is 2.98. The van der Waals surface area contributed by atoms with E-state index in [2.05, 4.69) is 20.7 Å². The van der Waals surface area contributed by atoms with Gasteiger partial charge >= 0.3 is 0 Å². The van der Waals surface area contributed by atoms with Gasteiger partial charge in [-0.05, 0) is 40.0 Å². The number of hydrogen-bond donors (Lipinski definition) is 1. The topological polar surface area (TPSA) is 55.4 Å². The summed E-state index contributed by atoms with van der Waals surface area (Å²) in [4.78, 5) is -0.102. The number of hydrogen-bond acceptors (Lipinski definition) is 3. The van der Waals surface area contributed by atoms with Crippen molar-refractivity contribution in [3.05, 3.63) is 28.5 Å². The van der Waals surface area contributed by atoms with Crippen LogP contribution in [0.2, 0.25) is 0 Å². The molecule has 0 aliphatic carbocycles. The molecular weight excluding hydrogens is 337 g/mol. The molecule has 0 saturated carbocycles. The highest BCUT2D eigenvalue weighted by atomic mass is 79.9. The standard InChI is InChI=1S/C12H17BrFNO3S/c1-8(2)12(7-18-3)15-19(16,17)9-4-5-10(13)11(14)6-9/h4-6,8,12,15H,7H2,1-3H3. The lowest BCUT2D eigenvalue weighted by Gasteiger charge is -2.21. The van der Waals surface area contributed by atoms with Gasteiger partial charge < -0.3 is 4.74 Å². The molecule has 1 unspecified atom stereocenters. The minimum absolute atomic E-state index is 0.0648. The molecule has 7 heteroatoms. The van der Waals surface area contributed by atoms with Crippen LogP contribution in [0.3, 0.4) is 0 Å². The lowest BCUT2D eigenvalue weighted by Crippen LogP contribution is -2.41. The van der Waals surface area contributed by atoms with Crippen molar-refractivity contribution in [2.45, 2.75) is 24.8 Å². The van der Waals surface area contributed by atoms with Gasteiger partial charge in [0.15, 0.2) is 0 Å². The third-order valence-electron chi connectivity index (χ3n) is 2.66. The molecule has 1 atom stereocenters. The Morgan fingerprint density at radius 1 is 1.42 bits per heavy atom. The molecule has 0 amide bonds. The van der Waals surface area contributed by atoms with Crippen molar-refractivity contribution < 1.29 is 17.5 Å². The third-order valence-corrected chi connectivity index (χ3v) is 4.79. The van der Waals surface area contributed by atoms with E-state index in [1.54, 1.807) is 0 Å². The molecule has 19 heavy (non-hydrogen) atoms. The van der Waals surface area contributed by atoms with Gasteiger partial charge in [0.2, 0.25) is 10.0 Å². The van der Waals surface area contributed by atoms with E-state index >= 15 is 0 Å². The van der Waals surface area contributed by atoms with Gasteiger partial charge in [-0.2, -0.15) is 0 Å². The van der Waals surface area contributed by atoms with Crippen LogP contribution in [0, 0.1) is 11.7 Å². The fourth-order valence-corrected chi connectivity index (χ4v) is 3.08. The second-order valence-corrected chi connectivity index (χ2v) is 7.07. The van der Waals surface area contributed by atoms with Crippen LogP contribution in [0.5, 0.6) is 0 Å². The van der Waals surface area contributed by atoms with Crippen molar-refractivity contribution >= 4 is 26.0 Å². The summed E-state index contributed by atoms with van der Waals surface area (Å²) < 4.78 is 45.4. The zero-order valence-electron chi connectivity index (χ0n) is 11.0. The first-order chi connectivity index (χ1) is 8.77. The number of ether oxygens (including phenoxy) is 1. The molecule has 0 bridgehead atoms. The van der Waals surface area contributed by atoms with E-state index in [4.69, 9.17) is 4.74 Å². The fraction of sp³-hybridized carbons (Fsp3) is 0.500. The highest BCUT2D eigenvalue weighted by Gasteiger charge is 2.23. The molecule has 0 radical (unpaired) electrons. The molecular formula is C12H17BrFNO3S. The maximum Gasteiger partial charge on any atom is 0.241 e. The average Bonchev–Trinajstić information content (AvgIpc) is 2.31. The Kier molecular flexibility index (Phi) is 5.91. The van der Waals surface area contributed by atoms with E-state index in [1.807, 2.05) is 13.8 Å². The zero-order valence-corrected chi connectivity index (χ0v) is 13.4. The molecule has 1 N–H and O–H groups in total. The quantitative estimate of drug-likeness (QED) is 0.854. The zero-order chi connectivity index (χ0) is 14.6. The summed E-state index contributed by atoms with van der Waals surface area (Å²) in [5.74, 6) is -0.550. The molecule has 0 heterocycles. The summed E-state index contributed by atoms with van der Waals surface area (Å²) in [6, 6.07) is 3.34. The Hall–Kier alpha value is -0.500. The lowest BCUT2D eigenvalue weighted by molar-refractivity contribution is 0.157. The molecule has 108 valence electrons. The molecule has 0 fully saturated rings. The van der Waals surface area contributed by atoms with Crippen LogP contribution < -0.4 is 4.72 Å². The molecule has 0 saturated heterocycles. The smallest absolute Gasteiger partial charge is 0.241 e. The normalized spacial score (nSPS) is 13.8. The van der Waals surface area contributed by atoms with E-state index < -0.39 is 15.8 Å². The largest absolute Gasteiger partial charge is 0.383 e. The van der Waals surface area contributed by atoms with E-state index in [0.717, 1.165) is 6.07 Å². The van der Waals surface area contributed by atoms with Crippen LogP contribution in [-0.2, 0) is 14.8 Å². The van der Waals surface area contributed by atoms with Crippen LogP contribution in [0.1, 0.15) is 13.8 Å². The van der Waals surface area contributed by atoms with E-state index in [1.165, 1.54) is 19.2 Å². The minimum Gasteiger partial charge on any atom is -0.383 e. The summed E-state index contributed by atoms with van der Waals surface area (Å²) in [7, 11) is -2.25. The van der Waals surface area contributed by atoms with Gasteiger partial charge in [0.25, 0.3) is 0 Å². The molecule has 1 rings (SSSR count). The van der Waals surface area contributed by atoms with Gasteiger partial charge in [-0.15, -0.1) is 0 Å². The van der Waals surface area contributed by atoms with E-state index in [-0.39, 0.29) is 27.9 Å². The Balaban J connectivity index is 2.99. The molecule has 0 aliphatic heterocycles. The fourth-order valence-electron chi connectivity index (χ4n) is 1.45. The Morgan fingerprint density at radius 3 is 2.53 bits per heavy atom. The van der Waals surface area contributed by atoms with Gasteiger partial charge in [0.05, 0.1) is 16.0 Å². The van der Waals surface area contributed by atoms with Gasteiger partial charge in [0, 0.05) is 13.2 Å². The first kappa shape index (κ1) is 16.6. The monoisotopic (exact) mass is 353 g/mol. The van der Waals surface area contributed by atoms with Crippen molar-refractivity contribution in [2.75, 3.05) is 13.7 Å². The molecule has 0 aromatic heterocycles. The third kappa shape index (κ3) is 4.52. The number of methoxy groups -OCH3 is 1. The summed E-state index contributed by atoms with van der Waals surface area (Å²) in [6.45, 7) is 4.03.